The van der Waals surface area contributed by atoms with Crippen LogP contribution in [0.4, 0.5) is 0 Å². The van der Waals surface area contributed by atoms with Crippen molar-refractivity contribution in [2.45, 2.75) is 77.4 Å². The van der Waals surface area contributed by atoms with Crippen molar-refractivity contribution in [1.29, 1.82) is 0 Å². The predicted molar refractivity (Wildman–Crippen MR) is 145 cm³/mol. The van der Waals surface area contributed by atoms with Crippen molar-refractivity contribution in [3.05, 3.63) is 64.7 Å². The largest absolute Gasteiger partial charge is 0.496 e. The van der Waals surface area contributed by atoms with Crippen molar-refractivity contribution < 1.29 is 4.74 Å². The minimum atomic E-state index is 0.475. The molecule has 1 N–H and O–H groups in total. The van der Waals surface area contributed by atoms with Gasteiger partial charge in [0.15, 0.2) is 0 Å². The Morgan fingerprint density at radius 1 is 1.06 bits per heavy atom. The molecule has 3 aliphatic rings. The van der Waals surface area contributed by atoms with E-state index >= 15 is 0 Å². The normalized spacial score (nSPS) is 23.5. The molecule has 0 aromatic heterocycles. The summed E-state index contributed by atoms with van der Waals surface area (Å²) in [6.07, 6.45) is 6.53. The lowest BCUT2D eigenvalue weighted by Crippen LogP contribution is -2.59. The molecular weight excluding hydrogens is 430 g/mol. The Balaban J connectivity index is 1.36. The number of aryl methyl sites for hydroxylation is 1. The average Bonchev–Trinajstić information content (AvgIpc) is 2.87. The first-order valence-corrected chi connectivity index (χ1v) is 14.0. The third kappa shape index (κ3) is 5.16. The molecule has 0 radical (unpaired) electrons. The van der Waals surface area contributed by atoms with Crippen LogP contribution in [0.2, 0.25) is 0 Å². The quantitative estimate of drug-likeness (QED) is 0.550. The Morgan fingerprint density at radius 2 is 1.83 bits per heavy atom. The monoisotopic (exact) mass is 475 g/mol. The SMILES string of the molecule is CCc1ccc(CN2CCN(C3CC4(CCNCC4)C3)C(c3ccccc3C(C)C)C2)cc1OC. The number of rotatable bonds is 7. The maximum absolute atomic E-state index is 5.69. The molecule has 1 unspecified atom stereocenters. The highest BCUT2D eigenvalue weighted by atomic mass is 16.5. The lowest BCUT2D eigenvalue weighted by atomic mass is 9.60. The van der Waals surface area contributed by atoms with E-state index < -0.39 is 0 Å². The van der Waals surface area contributed by atoms with Gasteiger partial charge in [0.25, 0.3) is 0 Å². The minimum Gasteiger partial charge on any atom is -0.496 e. The van der Waals surface area contributed by atoms with Gasteiger partial charge in [-0.3, -0.25) is 9.80 Å². The zero-order valence-corrected chi connectivity index (χ0v) is 22.4. The van der Waals surface area contributed by atoms with E-state index in [4.69, 9.17) is 4.74 Å². The number of benzene rings is 2. The van der Waals surface area contributed by atoms with Crippen LogP contribution in [-0.2, 0) is 13.0 Å². The molecular formula is C31H45N3O. The van der Waals surface area contributed by atoms with Crippen molar-refractivity contribution in [1.82, 2.24) is 15.1 Å². The van der Waals surface area contributed by atoms with Gasteiger partial charge in [0, 0.05) is 38.3 Å². The minimum absolute atomic E-state index is 0.475. The summed E-state index contributed by atoms with van der Waals surface area (Å²) in [7, 11) is 1.80. The molecule has 1 aliphatic carbocycles. The molecule has 0 amide bonds. The summed E-state index contributed by atoms with van der Waals surface area (Å²) in [5, 5.41) is 3.57. The van der Waals surface area contributed by atoms with Crippen LogP contribution >= 0.6 is 0 Å². The fourth-order valence-electron chi connectivity index (χ4n) is 7.03. The Hall–Kier alpha value is -1.88. The van der Waals surface area contributed by atoms with Gasteiger partial charge in [-0.2, -0.15) is 0 Å². The van der Waals surface area contributed by atoms with E-state index in [0.29, 0.717) is 17.4 Å². The first kappa shape index (κ1) is 24.8. The van der Waals surface area contributed by atoms with Crippen molar-refractivity contribution in [2.75, 3.05) is 39.8 Å². The molecule has 1 saturated carbocycles. The zero-order chi connectivity index (χ0) is 24.4. The summed E-state index contributed by atoms with van der Waals surface area (Å²) in [5.74, 6) is 1.58. The Kier molecular flexibility index (Phi) is 7.52. The molecule has 1 atom stereocenters. The maximum atomic E-state index is 5.69. The standard InChI is InChI=1S/C31H45N3O/c1-5-25-11-10-24(18-30(25)35-4)21-33-16-17-34(26-19-31(20-26)12-14-32-15-13-31)29(22-33)28-9-7-6-8-27(28)23(2)3/h6-11,18,23,26,29,32H,5,12-17,19-22H2,1-4H3. The van der Waals surface area contributed by atoms with Gasteiger partial charge in [-0.05, 0) is 84.8 Å². The fourth-order valence-corrected chi connectivity index (χ4v) is 7.03. The van der Waals surface area contributed by atoms with E-state index in [-0.39, 0.29) is 0 Å². The Bertz CT molecular complexity index is 988. The van der Waals surface area contributed by atoms with Crippen LogP contribution in [-0.4, -0.2) is 55.7 Å². The summed E-state index contributed by atoms with van der Waals surface area (Å²) >= 11 is 0. The second-order valence-corrected chi connectivity index (χ2v) is 11.6. The lowest BCUT2D eigenvalue weighted by Gasteiger charge is -2.57. The number of hydrogen-bond acceptors (Lipinski definition) is 4. The summed E-state index contributed by atoms with van der Waals surface area (Å²) in [6.45, 7) is 13.7. The van der Waals surface area contributed by atoms with Gasteiger partial charge in [0.1, 0.15) is 5.75 Å². The fraction of sp³-hybridized carbons (Fsp3) is 0.613. The summed E-state index contributed by atoms with van der Waals surface area (Å²) < 4.78 is 5.69. The predicted octanol–water partition coefficient (Wildman–Crippen LogP) is 5.77. The van der Waals surface area contributed by atoms with E-state index in [2.05, 4.69) is 78.4 Å². The lowest BCUT2D eigenvalue weighted by molar-refractivity contribution is -0.0650. The van der Waals surface area contributed by atoms with Crippen LogP contribution < -0.4 is 10.1 Å². The maximum Gasteiger partial charge on any atom is 0.122 e. The Labute approximate surface area is 213 Å². The van der Waals surface area contributed by atoms with Gasteiger partial charge in [0.05, 0.1) is 7.11 Å². The van der Waals surface area contributed by atoms with Crippen molar-refractivity contribution in [3.63, 3.8) is 0 Å². The van der Waals surface area contributed by atoms with E-state index in [9.17, 15) is 0 Å². The van der Waals surface area contributed by atoms with Crippen LogP contribution in [0.25, 0.3) is 0 Å². The molecule has 0 bridgehead atoms. The van der Waals surface area contributed by atoms with Gasteiger partial charge in [-0.25, -0.2) is 0 Å². The van der Waals surface area contributed by atoms with E-state index in [0.717, 1.165) is 37.8 Å². The van der Waals surface area contributed by atoms with Crippen molar-refractivity contribution >= 4 is 0 Å². The average molecular weight is 476 g/mol. The highest BCUT2D eigenvalue weighted by molar-refractivity contribution is 5.38. The summed E-state index contributed by atoms with van der Waals surface area (Å²) in [4.78, 5) is 5.57. The molecule has 2 aliphatic heterocycles. The summed E-state index contributed by atoms with van der Waals surface area (Å²) in [5.41, 5.74) is 6.35. The van der Waals surface area contributed by atoms with Crippen molar-refractivity contribution in [2.24, 2.45) is 5.41 Å². The highest BCUT2D eigenvalue weighted by Crippen LogP contribution is 2.52. The van der Waals surface area contributed by atoms with Gasteiger partial charge in [-0.1, -0.05) is 57.2 Å². The molecule has 1 spiro atoms. The molecule has 4 heteroatoms. The van der Waals surface area contributed by atoms with Gasteiger partial charge >= 0.3 is 0 Å². The number of piperidine rings is 1. The number of piperazine rings is 1. The zero-order valence-electron chi connectivity index (χ0n) is 22.4. The van der Waals surface area contributed by atoms with Crippen LogP contribution in [0.15, 0.2) is 42.5 Å². The second kappa shape index (κ2) is 10.6. The topological polar surface area (TPSA) is 27.7 Å². The molecule has 2 aromatic rings. The molecule has 190 valence electrons. The number of methoxy groups -OCH3 is 1. The third-order valence-electron chi connectivity index (χ3n) is 9.09. The molecule has 2 aromatic carbocycles. The third-order valence-corrected chi connectivity index (χ3v) is 9.09. The van der Waals surface area contributed by atoms with Crippen LogP contribution in [0.3, 0.4) is 0 Å². The highest BCUT2D eigenvalue weighted by Gasteiger charge is 2.49. The first-order chi connectivity index (χ1) is 17.0. The van der Waals surface area contributed by atoms with Gasteiger partial charge < -0.3 is 10.1 Å². The molecule has 3 fully saturated rings. The van der Waals surface area contributed by atoms with E-state index in [1.54, 1.807) is 12.7 Å². The smallest absolute Gasteiger partial charge is 0.122 e. The Morgan fingerprint density at radius 3 is 2.54 bits per heavy atom. The number of nitrogens with one attached hydrogen (secondary N) is 1. The first-order valence-electron chi connectivity index (χ1n) is 14.0. The summed E-state index contributed by atoms with van der Waals surface area (Å²) in [6, 6.07) is 17.3. The molecule has 4 nitrogen and oxygen atoms in total. The van der Waals surface area contributed by atoms with Crippen molar-refractivity contribution in [3.8, 4) is 5.75 Å². The van der Waals surface area contributed by atoms with Gasteiger partial charge in [0.2, 0.25) is 0 Å². The second-order valence-electron chi connectivity index (χ2n) is 11.6. The molecule has 35 heavy (non-hydrogen) atoms. The number of ether oxygens (including phenoxy) is 1. The molecule has 2 heterocycles. The van der Waals surface area contributed by atoms with E-state index in [1.165, 1.54) is 62.0 Å². The molecule has 2 saturated heterocycles. The van der Waals surface area contributed by atoms with Crippen LogP contribution in [0.1, 0.15) is 80.7 Å². The van der Waals surface area contributed by atoms with Crippen LogP contribution in [0.5, 0.6) is 5.75 Å². The van der Waals surface area contributed by atoms with Gasteiger partial charge in [-0.15, -0.1) is 0 Å². The number of hydrogen-bond donors (Lipinski definition) is 1. The van der Waals surface area contributed by atoms with E-state index in [1.807, 2.05) is 0 Å². The van der Waals surface area contributed by atoms with Crippen LogP contribution in [0, 0.1) is 5.41 Å². The number of nitrogens with zero attached hydrogens (tertiary/aromatic N) is 2. The molecule has 5 rings (SSSR count).